The lowest BCUT2D eigenvalue weighted by Crippen LogP contribution is -2.01. The molecule has 0 amide bonds. The largest absolute Gasteiger partial charge is 0.288 e. The summed E-state index contributed by atoms with van der Waals surface area (Å²) in [4.78, 5) is 12.7. The van der Waals surface area contributed by atoms with Crippen LogP contribution >= 0.6 is 61.5 Å². The molecular formula is C11H4BrClFIOS. The summed E-state index contributed by atoms with van der Waals surface area (Å²) in [6, 6.07) is 5.71. The topological polar surface area (TPSA) is 17.1 Å². The lowest BCUT2D eigenvalue weighted by atomic mass is 10.1. The third-order valence-electron chi connectivity index (χ3n) is 2.04. The van der Waals surface area contributed by atoms with Crippen molar-refractivity contribution in [1.29, 1.82) is 0 Å². The van der Waals surface area contributed by atoms with Crippen molar-refractivity contribution in [2.75, 3.05) is 0 Å². The number of carbonyl (C=O) groups is 1. The maximum Gasteiger partial charge on any atom is 0.204 e. The monoisotopic (exact) mass is 444 g/mol. The minimum atomic E-state index is -0.351. The first kappa shape index (κ1) is 13.5. The number of carbonyl (C=O) groups excluding carboxylic acids is 1. The highest BCUT2D eigenvalue weighted by Gasteiger charge is 2.17. The first-order chi connectivity index (χ1) is 7.99. The Morgan fingerprint density at radius 2 is 2.12 bits per heavy atom. The van der Waals surface area contributed by atoms with Gasteiger partial charge in [-0.05, 0) is 62.8 Å². The van der Waals surface area contributed by atoms with E-state index >= 15 is 0 Å². The van der Waals surface area contributed by atoms with Crippen molar-refractivity contribution in [3.63, 3.8) is 0 Å². The van der Waals surface area contributed by atoms with Gasteiger partial charge in [0.1, 0.15) is 5.82 Å². The van der Waals surface area contributed by atoms with Crippen LogP contribution in [0.3, 0.4) is 0 Å². The van der Waals surface area contributed by atoms with Crippen LogP contribution in [0.25, 0.3) is 0 Å². The lowest BCUT2D eigenvalue weighted by molar-refractivity contribution is 0.104. The Hall–Kier alpha value is 0.0200. The van der Waals surface area contributed by atoms with E-state index in [1.165, 1.54) is 29.5 Å². The number of hydrogen-bond donors (Lipinski definition) is 0. The quantitative estimate of drug-likeness (QED) is 0.462. The molecule has 0 aliphatic carbocycles. The molecule has 0 radical (unpaired) electrons. The summed E-state index contributed by atoms with van der Waals surface area (Å²) in [5.41, 5.74) is 0.484. The molecule has 1 nitrogen and oxygen atoms in total. The summed E-state index contributed by atoms with van der Waals surface area (Å²) >= 11 is 12.3. The van der Waals surface area contributed by atoms with E-state index in [0.717, 1.165) is 3.79 Å². The Morgan fingerprint density at radius 3 is 2.65 bits per heavy atom. The molecule has 1 aromatic heterocycles. The van der Waals surface area contributed by atoms with Gasteiger partial charge < -0.3 is 0 Å². The van der Waals surface area contributed by atoms with E-state index in [4.69, 9.17) is 11.6 Å². The van der Waals surface area contributed by atoms with Crippen LogP contribution in [-0.2, 0) is 0 Å². The van der Waals surface area contributed by atoms with Crippen molar-refractivity contribution >= 4 is 67.2 Å². The number of ketones is 1. The Morgan fingerprint density at radius 1 is 1.41 bits per heavy atom. The zero-order chi connectivity index (χ0) is 12.6. The van der Waals surface area contributed by atoms with Gasteiger partial charge in [0.2, 0.25) is 5.78 Å². The van der Waals surface area contributed by atoms with Gasteiger partial charge in [-0.1, -0.05) is 11.6 Å². The third-order valence-corrected chi connectivity index (χ3v) is 5.41. The van der Waals surface area contributed by atoms with Crippen molar-refractivity contribution in [1.82, 2.24) is 0 Å². The van der Waals surface area contributed by atoms with Gasteiger partial charge in [-0.2, -0.15) is 0 Å². The van der Waals surface area contributed by atoms with Crippen molar-refractivity contribution in [3.05, 3.63) is 52.9 Å². The SMILES string of the molecule is O=C(c1cc(Cl)c(Br)s1)c1ccc(F)cc1I. The van der Waals surface area contributed by atoms with E-state index in [1.807, 2.05) is 22.6 Å². The zero-order valence-corrected chi connectivity index (χ0v) is 13.5. The molecule has 1 aromatic carbocycles. The molecule has 0 N–H and O–H groups in total. The molecule has 0 spiro atoms. The normalized spacial score (nSPS) is 10.6. The molecule has 0 saturated carbocycles. The van der Waals surface area contributed by atoms with Gasteiger partial charge in [0.15, 0.2) is 0 Å². The molecule has 0 fully saturated rings. The molecule has 2 rings (SSSR count). The number of benzene rings is 1. The fraction of sp³-hybridized carbons (Fsp3) is 0. The van der Waals surface area contributed by atoms with E-state index in [9.17, 15) is 9.18 Å². The number of hydrogen-bond acceptors (Lipinski definition) is 2. The maximum atomic E-state index is 12.9. The highest BCUT2D eigenvalue weighted by molar-refractivity contribution is 14.1. The Kier molecular flexibility index (Phi) is 4.22. The molecule has 0 unspecified atom stereocenters. The average molecular weight is 445 g/mol. The van der Waals surface area contributed by atoms with E-state index in [0.29, 0.717) is 19.0 Å². The summed E-state index contributed by atoms with van der Waals surface area (Å²) < 4.78 is 14.3. The number of rotatable bonds is 2. The molecule has 0 aliphatic rings. The minimum absolute atomic E-state index is 0.146. The predicted octanol–water partition coefficient (Wildman–Crippen LogP) is 5.14. The Balaban J connectivity index is 2.43. The summed E-state index contributed by atoms with van der Waals surface area (Å²) in [6.45, 7) is 0. The highest BCUT2D eigenvalue weighted by atomic mass is 127. The van der Waals surface area contributed by atoms with Gasteiger partial charge in [0, 0.05) is 9.13 Å². The zero-order valence-electron chi connectivity index (χ0n) is 8.14. The van der Waals surface area contributed by atoms with Crippen LogP contribution in [0.2, 0.25) is 5.02 Å². The van der Waals surface area contributed by atoms with Crippen molar-refractivity contribution in [2.45, 2.75) is 0 Å². The molecule has 2 aromatic rings. The predicted molar refractivity (Wildman–Crippen MR) is 79.6 cm³/mol. The first-order valence-electron chi connectivity index (χ1n) is 4.43. The second kappa shape index (κ2) is 5.34. The van der Waals surface area contributed by atoms with Gasteiger partial charge >= 0.3 is 0 Å². The summed E-state index contributed by atoms with van der Waals surface area (Å²) in [5.74, 6) is -0.497. The molecule has 17 heavy (non-hydrogen) atoms. The number of thiophene rings is 1. The van der Waals surface area contributed by atoms with Gasteiger partial charge in [-0.25, -0.2) is 4.39 Å². The Labute approximate surface area is 128 Å². The molecule has 0 bridgehead atoms. The van der Waals surface area contributed by atoms with Crippen LogP contribution in [0.1, 0.15) is 15.2 Å². The van der Waals surface area contributed by atoms with Crippen LogP contribution in [-0.4, -0.2) is 5.78 Å². The van der Waals surface area contributed by atoms with E-state index < -0.39 is 0 Å². The van der Waals surface area contributed by atoms with Gasteiger partial charge in [-0.15, -0.1) is 11.3 Å². The standard InChI is InChI=1S/C11H4BrClFIOS/c12-11-7(13)4-9(17-11)10(16)6-2-1-5(14)3-8(6)15/h1-4H. The molecule has 0 saturated heterocycles. The fourth-order valence-corrected chi connectivity index (χ4v) is 3.64. The summed E-state index contributed by atoms with van der Waals surface area (Å²) in [5, 5.41) is 0.510. The summed E-state index contributed by atoms with van der Waals surface area (Å²) in [6.07, 6.45) is 0. The van der Waals surface area contributed by atoms with Crippen LogP contribution in [0.5, 0.6) is 0 Å². The van der Waals surface area contributed by atoms with Crippen molar-refractivity contribution < 1.29 is 9.18 Å². The molecule has 0 aliphatic heterocycles. The van der Waals surface area contributed by atoms with E-state index in [1.54, 1.807) is 6.07 Å². The van der Waals surface area contributed by atoms with Crippen molar-refractivity contribution in [2.24, 2.45) is 0 Å². The molecule has 6 heteroatoms. The van der Waals surface area contributed by atoms with E-state index in [2.05, 4.69) is 15.9 Å². The van der Waals surface area contributed by atoms with Gasteiger partial charge in [0.25, 0.3) is 0 Å². The summed E-state index contributed by atoms with van der Waals surface area (Å²) in [7, 11) is 0. The maximum absolute atomic E-state index is 12.9. The molecule has 1 heterocycles. The number of halogens is 4. The minimum Gasteiger partial charge on any atom is -0.288 e. The Bertz CT molecular complexity index is 580. The second-order valence-corrected chi connectivity index (χ2v) is 7.13. The van der Waals surface area contributed by atoms with E-state index in [-0.39, 0.29) is 11.6 Å². The van der Waals surface area contributed by atoms with Crippen LogP contribution in [0.15, 0.2) is 28.1 Å². The highest BCUT2D eigenvalue weighted by Crippen LogP contribution is 2.33. The lowest BCUT2D eigenvalue weighted by Gasteiger charge is -2.01. The second-order valence-electron chi connectivity index (χ2n) is 3.19. The van der Waals surface area contributed by atoms with Gasteiger partial charge in [-0.3, -0.25) is 4.79 Å². The average Bonchev–Trinajstić information content (AvgIpc) is 2.58. The third kappa shape index (κ3) is 2.89. The van der Waals surface area contributed by atoms with Crippen molar-refractivity contribution in [3.8, 4) is 0 Å². The van der Waals surface area contributed by atoms with Crippen LogP contribution in [0.4, 0.5) is 4.39 Å². The van der Waals surface area contributed by atoms with Crippen LogP contribution < -0.4 is 0 Å². The van der Waals surface area contributed by atoms with Gasteiger partial charge in [0.05, 0.1) is 13.7 Å². The first-order valence-corrected chi connectivity index (χ1v) is 7.50. The fourth-order valence-electron chi connectivity index (χ4n) is 1.26. The molecule has 88 valence electrons. The molecular weight excluding hydrogens is 441 g/mol. The smallest absolute Gasteiger partial charge is 0.204 e. The van der Waals surface area contributed by atoms with Crippen LogP contribution in [0, 0.1) is 9.39 Å². The molecule has 0 atom stereocenters.